The van der Waals surface area contributed by atoms with E-state index in [0.29, 0.717) is 15.6 Å². The molecule has 0 saturated carbocycles. The number of nitrogens with one attached hydrogen (secondary N) is 1. The molecule has 2 aromatic rings. The van der Waals surface area contributed by atoms with Gasteiger partial charge >= 0.3 is 5.97 Å². The van der Waals surface area contributed by atoms with Gasteiger partial charge in [-0.15, -0.1) is 11.3 Å². The van der Waals surface area contributed by atoms with Crippen LogP contribution in [0.2, 0.25) is 5.02 Å². The number of benzene rings is 1. The van der Waals surface area contributed by atoms with Gasteiger partial charge in [-0.25, -0.2) is 4.79 Å². The Morgan fingerprint density at radius 3 is 2.46 bits per heavy atom. The Morgan fingerprint density at radius 1 is 1.17 bits per heavy atom. The fraction of sp³-hybridized carbons (Fsp3) is 0.333. The molecule has 1 amide bonds. The predicted octanol–water partition coefficient (Wildman–Crippen LogP) is 4.68. The number of thiophene rings is 1. The average molecular weight is 366 g/mol. The Labute approximate surface area is 150 Å². The number of rotatable bonds is 5. The van der Waals surface area contributed by atoms with Crippen LogP contribution in [-0.2, 0) is 16.0 Å². The summed E-state index contributed by atoms with van der Waals surface area (Å²) in [6.07, 6.45) is 0.871. The zero-order chi connectivity index (χ0) is 17.9. The van der Waals surface area contributed by atoms with E-state index in [2.05, 4.69) is 5.32 Å². The highest BCUT2D eigenvalue weighted by Gasteiger charge is 2.16. The SMILES string of the molecule is CCc1sc(C(=O)OCC(=O)Nc2c(C)cc(C)cc2Cl)cc1C. The number of anilines is 1. The van der Waals surface area contributed by atoms with Crippen LogP contribution in [0.15, 0.2) is 18.2 Å². The average Bonchev–Trinajstić information content (AvgIpc) is 2.89. The van der Waals surface area contributed by atoms with Crippen molar-refractivity contribution in [1.82, 2.24) is 0 Å². The van der Waals surface area contributed by atoms with Gasteiger partial charge in [0.15, 0.2) is 6.61 Å². The number of hydrogen-bond donors (Lipinski definition) is 1. The highest BCUT2D eigenvalue weighted by molar-refractivity contribution is 7.14. The first-order valence-electron chi connectivity index (χ1n) is 7.64. The number of carbonyl (C=O) groups is 2. The maximum Gasteiger partial charge on any atom is 0.348 e. The third-order valence-electron chi connectivity index (χ3n) is 3.57. The van der Waals surface area contributed by atoms with Crippen LogP contribution in [0.1, 0.15) is 38.2 Å². The number of hydrogen-bond acceptors (Lipinski definition) is 4. The Kier molecular flexibility index (Phi) is 6.02. The minimum atomic E-state index is -0.482. The molecule has 0 aliphatic carbocycles. The second-order valence-electron chi connectivity index (χ2n) is 5.63. The van der Waals surface area contributed by atoms with E-state index in [4.69, 9.17) is 16.3 Å². The van der Waals surface area contributed by atoms with Crippen LogP contribution in [0, 0.1) is 20.8 Å². The second kappa shape index (κ2) is 7.81. The van der Waals surface area contributed by atoms with Gasteiger partial charge in [-0.05, 0) is 56.0 Å². The van der Waals surface area contributed by atoms with Crippen molar-refractivity contribution in [3.05, 3.63) is 49.7 Å². The molecule has 0 spiro atoms. The van der Waals surface area contributed by atoms with E-state index < -0.39 is 11.9 Å². The van der Waals surface area contributed by atoms with Crippen molar-refractivity contribution in [1.29, 1.82) is 0 Å². The summed E-state index contributed by atoms with van der Waals surface area (Å²) < 4.78 is 5.09. The van der Waals surface area contributed by atoms with Crippen molar-refractivity contribution in [2.24, 2.45) is 0 Å². The van der Waals surface area contributed by atoms with Crippen molar-refractivity contribution in [3.63, 3.8) is 0 Å². The molecule has 0 aliphatic heterocycles. The van der Waals surface area contributed by atoms with Crippen molar-refractivity contribution in [3.8, 4) is 0 Å². The van der Waals surface area contributed by atoms with Crippen molar-refractivity contribution in [2.75, 3.05) is 11.9 Å². The highest BCUT2D eigenvalue weighted by atomic mass is 35.5. The van der Waals surface area contributed by atoms with Gasteiger partial charge in [0.05, 0.1) is 10.7 Å². The third kappa shape index (κ3) is 4.36. The van der Waals surface area contributed by atoms with Crippen LogP contribution in [0.3, 0.4) is 0 Å². The van der Waals surface area contributed by atoms with Gasteiger partial charge < -0.3 is 10.1 Å². The lowest BCUT2D eigenvalue weighted by Crippen LogP contribution is -2.21. The lowest BCUT2D eigenvalue weighted by molar-refractivity contribution is -0.119. The summed E-state index contributed by atoms with van der Waals surface area (Å²) in [5.41, 5.74) is 3.49. The third-order valence-corrected chi connectivity index (χ3v) is 5.23. The zero-order valence-electron chi connectivity index (χ0n) is 14.2. The number of ether oxygens (including phenoxy) is 1. The van der Waals surface area contributed by atoms with Gasteiger partial charge in [0, 0.05) is 4.88 Å². The van der Waals surface area contributed by atoms with Gasteiger partial charge in [0.2, 0.25) is 0 Å². The van der Waals surface area contributed by atoms with E-state index in [1.54, 1.807) is 12.1 Å². The van der Waals surface area contributed by atoms with Gasteiger partial charge in [-0.3, -0.25) is 4.79 Å². The molecule has 6 heteroatoms. The number of esters is 1. The summed E-state index contributed by atoms with van der Waals surface area (Å²) in [6.45, 7) is 7.44. The van der Waals surface area contributed by atoms with Crippen molar-refractivity contribution >= 4 is 40.5 Å². The largest absolute Gasteiger partial charge is 0.451 e. The summed E-state index contributed by atoms with van der Waals surface area (Å²) in [7, 11) is 0. The Morgan fingerprint density at radius 2 is 1.88 bits per heavy atom. The van der Waals surface area contributed by atoms with E-state index in [1.807, 2.05) is 33.8 Å². The van der Waals surface area contributed by atoms with Gasteiger partial charge in [-0.2, -0.15) is 0 Å². The predicted molar refractivity (Wildman–Crippen MR) is 98.3 cm³/mol. The fourth-order valence-corrected chi connectivity index (χ4v) is 3.80. The van der Waals surface area contributed by atoms with E-state index in [1.165, 1.54) is 11.3 Å². The topological polar surface area (TPSA) is 55.4 Å². The molecule has 128 valence electrons. The minimum absolute atomic E-state index is 0.346. The van der Waals surface area contributed by atoms with E-state index in [9.17, 15) is 9.59 Å². The Balaban J connectivity index is 1.97. The normalized spacial score (nSPS) is 10.5. The summed E-state index contributed by atoms with van der Waals surface area (Å²) in [6, 6.07) is 5.50. The fourth-order valence-electron chi connectivity index (χ4n) is 2.42. The summed E-state index contributed by atoms with van der Waals surface area (Å²) in [5.74, 6) is -0.897. The number of carbonyl (C=O) groups excluding carboxylic acids is 2. The molecule has 24 heavy (non-hydrogen) atoms. The first kappa shape index (κ1) is 18.5. The molecule has 1 aromatic heterocycles. The Bertz CT molecular complexity index is 760. The summed E-state index contributed by atoms with van der Waals surface area (Å²) >= 11 is 7.56. The molecule has 4 nitrogen and oxygen atoms in total. The minimum Gasteiger partial charge on any atom is -0.451 e. The highest BCUT2D eigenvalue weighted by Crippen LogP contribution is 2.27. The monoisotopic (exact) mass is 365 g/mol. The molecule has 2 rings (SSSR count). The van der Waals surface area contributed by atoms with Crippen LogP contribution >= 0.6 is 22.9 Å². The molecular formula is C18H20ClNO3S. The smallest absolute Gasteiger partial charge is 0.348 e. The van der Waals surface area contributed by atoms with Gasteiger partial charge in [-0.1, -0.05) is 24.6 Å². The van der Waals surface area contributed by atoms with Crippen LogP contribution in [0.5, 0.6) is 0 Å². The van der Waals surface area contributed by atoms with E-state index in [-0.39, 0.29) is 6.61 Å². The summed E-state index contributed by atoms with van der Waals surface area (Å²) in [5, 5.41) is 3.16. The first-order valence-corrected chi connectivity index (χ1v) is 8.84. The van der Waals surface area contributed by atoms with Crippen LogP contribution < -0.4 is 5.32 Å². The molecule has 1 aromatic carbocycles. The molecular weight excluding hydrogens is 346 g/mol. The molecule has 1 heterocycles. The van der Waals surface area contributed by atoms with Crippen LogP contribution in [0.25, 0.3) is 0 Å². The molecule has 0 unspecified atom stereocenters. The maximum atomic E-state index is 12.0. The number of amides is 1. The van der Waals surface area contributed by atoms with Gasteiger partial charge in [0.25, 0.3) is 5.91 Å². The first-order chi connectivity index (χ1) is 11.3. The Hall–Kier alpha value is -1.85. The molecule has 0 bridgehead atoms. The number of aryl methyl sites for hydroxylation is 4. The lowest BCUT2D eigenvalue weighted by Gasteiger charge is -2.11. The molecule has 0 saturated heterocycles. The molecule has 0 fully saturated rings. The molecule has 1 N–H and O–H groups in total. The van der Waals surface area contributed by atoms with Crippen molar-refractivity contribution in [2.45, 2.75) is 34.1 Å². The van der Waals surface area contributed by atoms with E-state index in [0.717, 1.165) is 28.0 Å². The van der Waals surface area contributed by atoms with Gasteiger partial charge in [0.1, 0.15) is 4.88 Å². The van der Waals surface area contributed by atoms with Crippen LogP contribution in [0.4, 0.5) is 5.69 Å². The lowest BCUT2D eigenvalue weighted by atomic mass is 10.1. The van der Waals surface area contributed by atoms with Crippen molar-refractivity contribution < 1.29 is 14.3 Å². The molecule has 0 atom stereocenters. The summed E-state index contributed by atoms with van der Waals surface area (Å²) in [4.78, 5) is 25.7. The standard InChI is InChI=1S/C18H20ClNO3S/c1-5-14-11(3)8-15(24-14)18(22)23-9-16(21)20-17-12(4)6-10(2)7-13(17)19/h6-8H,5,9H2,1-4H3,(H,20,21). The second-order valence-corrected chi connectivity index (χ2v) is 7.18. The zero-order valence-corrected chi connectivity index (χ0v) is 15.7. The van der Waals surface area contributed by atoms with Crippen LogP contribution in [-0.4, -0.2) is 18.5 Å². The molecule has 0 aliphatic rings. The number of halogens is 1. The molecule has 0 radical (unpaired) electrons. The quantitative estimate of drug-likeness (QED) is 0.782. The van der Waals surface area contributed by atoms with E-state index >= 15 is 0 Å². The maximum absolute atomic E-state index is 12.0.